The van der Waals surface area contributed by atoms with Gasteiger partial charge in [-0.15, -0.1) is 0 Å². The fourth-order valence-corrected chi connectivity index (χ4v) is 1.74. The summed E-state index contributed by atoms with van der Waals surface area (Å²) >= 11 is 0. The summed E-state index contributed by atoms with van der Waals surface area (Å²) in [5.41, 5.74) is 7.49. The first-order valence-electron chi connectivity index (χ1n) is 6.53. The van der Waals surface area contributed by atoms with Crippen LogP contribution in [0.15, 0.2) is 36.4 Å². The van der Waals surface area contributed by atoms with Gasteiger partial charge in [-0.05, 0) is 35.9 Å². The Kier molecular flexibility index (Phi) is 4.04. The van der Waals surface area contributed by atoms with E-state index in [9.17, 15) is 4.39 Å². The molecule has 0 saturated heterocycles. The average Bonchev–Trinajstić information content (AvgIpc) is 2.40. The number of nitrogens with two attached hydrogens (primary N) is 1. The van der Waals surface area contributed by atoms with Crippen LogP contribution in [0.25, 0.3) is 0 Å². The Balaban J connectivity index is 2.33. The third kappa shape index (κ3) is 3.54. The second-order valence-corrected chi connectivity index (χ2v) is 5.71. The number of ether oxygens (including phenoxy) is 1. The lowest BCUT2D eigenvalue weighted by Gasteiger charge is -2.19. The molecule has 106 valence electrons. The van der Waals surface area contributed by atoms with Crippen molar-refractivity contribution in [2.24, 2.45) is 5.73 Å². The molecule has 0 aliphatic rings. The molecule has 0 radical (unpaired) electrons. The maximum atomic E-state index is 12.9. The van der Waals surface area contributed by atoms with E-state index in [0.717, 1.165) is 11.3 Å². The first-order valence-corrected chi connectivity index (χ1v) is 6.53. The molecule has 0 fully saturated rings. The number of pyridine rings is 1. The van der Waals surface area contributed by atoms with Gasteiger partial charge in [0.1, 0.15) is 11.6 Å². The van der Waals surface area contributed by atoms with Gasteiger partial charge in [-0.25, -0.2) is 9.37 Å². The van der Waals surface area contributed by atoms with Crippen molar-refractivity contribution >= 4 is 0 Å². The lowest BCUT2D eigenvalue weighted by atomic mass is 9.91. The van der Waals surface area contributed by atoms with Crippen LogP contribution in [0.1, 0.15) is 32.0 Å². The highest BCUT2D eigenvalue weighted by Crippen LogP contribution is 2.26. The van der Waals surface area contributed by atoms with Crippen LogP contribution in [0.3, 0.4) is 0 Å². The summed E-state index contributed by atoms with van der Waals surface area (Å²) in [6.07, 6.45) is 0. The van der Waals surface area contributed by atoms with Gasteiger partial charge >= 0.3 is 0 Å². The molecule has 2 rings (SSSR count). The van der Waals surface area contributed by atoms with Gasteiger partial charge in [0.05, 0.1) is 5.69 Å². The van der Waals surface area contributed by atoms with Crippen LogP contribution in [0.4, 0.5) is 4.39 Å². The van der Waals surface area contributed by atoms with Crippen molar-refractivity contribution in [2.75, 3.05) is 0 Å². The second-order valence-electron chi connectivity index (χ2n) is 5.71. The van der Waals surface area contributed by atoms with Gasteiger partial charge in [-0.1, -0.05) is 20.8 Å². The van der Waals surface area contributed by atoms with E-state index in [4.69, 9.17) is 10.5 Å². The highest BCUT2D eigenvalue weighted by atomic mass is 19.1. The van der Waals surface area contributed by atoms with Crippen molar-refractivity contribution in [1.29, 1.82) is 0 Å². The van der Waals surface area contributed by atoms with Crippen molar-refractivity contribution in [2.45, 2.75) is 32.7 Å². The van der Waals surface area contributed by atoms with Gasteiger partial charge in [0.25, 0.3) is 0 Å². The Morgan fingerprint density at radius 3 is 2.35 bits per heavy atom. The molecule has 0 aliphatic heterocycles. The molecule has 4 heteroatoms. The van der Waals surface area contributed by atoms with E-state index in [1.165, 1.54) is 12.1 Å². The smallest absolute Gasteiger partial charge is 0.219 e. The predicted molar refractivity (Wildman–Crippen MR) is 77.3 cm³/mol. The number of rotatable bonds is 3. The fraction of sp³-hybridized carbons (Fsp3) is 0.312. The van der Waals surface area contributed by atoms with Crippen molar-refractivity contribution in [3.8, 4) is 11.6 Å². The Morgan fingerprint density at radius 2 is 1.80 bits per heavy atom. The Hall–Kier alpha value is -1.94. The highest BCUT2D eigenvalue weighted by molar-refractivity contribution is 5.32. The molecule has 3 nitrogen and oxygen atoms in total. The van der Waals surface area contributed by atoms with Crippen LogP contribution in [-0.2, 0) is 12.0 Å². The zero-order valence-corrected chi connectivity index (χ0v) is 12.0. The average molecular weight is 274 g/mol. The number of aromatic nitrogens is 1. The number of benzene rings is 1. The van der Waals surface area contributed by atoms with Crippen molar-refractivity contribution < 1.29 is 9.13 Å². The van der Waals surface area contributed by atoms with E-state index >= 15 is 0 Å². The zero-order chi connectivity index (χ0) is 14.8. The molecule has 0 bridgehead atoms. The van der Waals surface area contributed by atoms with E-state index in [2.05, 4.69) is 25.8 Å². The van der Waals surface area contributed by atoms with Gasteiger partial charge in [-0.2, -0.15) is 0 Å². The summed E-state index contributed by atoms with van der Waals surface area (Å²) in [6.45, 7) is 6.66. The molecule has 0 atom stereocenters. The van der Waals surface area contributed by atoms with Gasteiger partial charge in [0, 0.05) is 18.0 Å². The van der Waals surface area contributed by atoms with Crippen LogP contribution >= 0.6 is 0 Å². The maximum absolute atomic E-state index is 12.9. The van der Waals surface area contributed by atoms with Crippen LogP contribution in [0.2, 0.25) is 0 Å². The summed E-state index contributed by atoms with van der Waals surface area (Å²) in [5, 5.41) is 0. The van der Waals surface area contributed by atoms with Crippen molar-refractivity contribution in [3.05, 3.63) is 53.5 Å². The lowest BCUT2D eigenvalue weighted by molar-refractivity contribution is 0.449. The first-order chi connectivity index (χ1) is 9.38. The monoisotopic (exact) mass is 274 g/mol. The van der Waals surface area contributed by atoms with Crippen LogP contribution < -0.4 is 10.5 Å². The molecule has 0 aliphatic carbocycles. The minimum absolute atomic E-state index is 0.0912. The van der Waals surface area contributed by atoms with E-state index in [-0.39, 0.29) is 11.2 Å². The number of hydrogen-bond donors (Lipinski definition) is 1. The number of nitrogens with zero attached hydrogens (tertiary/aromatic N) is 1. The van der Waals surface area contributed by atoms with Gasteiger partial charge in [0.15, 0.2) is 0 Å². The Labute approximate surface area is 118 Å². The third-order valence-electron chi connectivity index (χ3n) is 2.90. The van der Waals surface area contributed by atoms with Gasteiger partial charge in [0.2, 0.25) is 5.88 Å². The maximum Gasteiger partial charge on any atom is 0.219 e. The molecule has 0 unspecified atom stereocenters. The van der Waals surface area contributed by atoms with Crippen molar-refractivity contribution in [3.63, 3.8) is 0 Å². The minimum atomic E-state index is -0.295. The van der Waals surface area contributed by atoms with Crippen LogP contribution in [-0.4, -0.2) is 4.98 Å². The SMILES string of the molecule is CC(C)(C)c1cc(CN)cc(Oc2ccc(F)cc2)n1. The van der Waals surface area contributed by atoms with E-state index in [1.54, 1.807) is 18.2 Å². The van der Waals surface area contributed by atoms with Gasteiger partial charge in [-0.3, -0.25) is 0 Å². The van der Waals surface area contributed by atoms with Crippen LogP contribution in [0.5, 0.6) is 11.6 Å². The first kappa shape index (κ1) is 14.5. The molecular formula is C16H19FN2O. The quantitative estimate of drug-likeness (QED) is 0.926. The molecule has 1 heterocycles. The van der Waals surface area contributed by atoms with E-state index in [0.29, 0.717) is 18.2 Å². The highest BCUT2D eigenvalue weighted by Gasteiger charge is 2.17. The molecule has 20 heavy (non-hydrogen) atoms. The molecule has 0 amide bonds. The molecular weight excluding hydrogens is 255 g/mol. The van der Waals surface area contributed by atoms with Crippen molar-refractivity contribution in [1.82, 2.24) is 4.98 Å². The predicted octanol–water partition coefficient (Wildman–Crippen LogP) is 3.77. The number of hydrogen-bond acceptors (Lipinski definition) is 3. The minimum Gasteiger partial charge on any atom is -0.439 e. The summed E-state index contributed by atoms with van der Waals surface area (Å²) in [5.74, 6) is 0.730. The molecule has 2 aromatic rings. The van der Waals surface area contributed by atoms with E-state index < -0.39 is 0 Å². The molecule has 0 saturated carbocycles. The lowest BCUT2D eigenvalue weighted by Crippen LogP contribution is -2.15. The fourth-order valence-electron chi connectivity index (χ4n) is 1.74. The molecule has 2 N–H and O–H groups in total. The van der Waals surface area contributed by atoms with Crippen LogP contribution in [0, 0.1) is 5.82 Å². The zero-order valence-electron chi connectivity index (χ0n) is 12.0. The largest absolute Gasteiger partial charge is 0.439 e. The standard InChI is InChI=1S/C16H19FN2O/c1-16(2,3)14-8-11(10-18)9-15(19-14)20-13-6-4-12(17)5-7-13/h4-9H,10,18H2,1-3H3. The Morgan fingerprint density at radius 1 is 1.15 bits per heavy atom. The molecule has 1 aromatic carbocycles. The second kappa shape index (κ2) is 5.59. The number of halogens is 1. The molecule has 0 spiro atoms. The summed E-state index contributed by atoms with van der Waals surface area (Å²) in [4.78, 5) is 4.50. The third-order valence-corrected chi connectivity index (χ3v) is 2.90. The van der Waals surface area contributed by atoms with E-state index in [1.807, 2.05) is 6.07 Å². The summed E-state index contributed by atoms with van der Waals surface area (Å²) in [7, 11) is 0. The normalized spacial score (nSPS) is 11.4. The van der Waals surface area contributed by atoms with Gasteiger partial charge < -0.3 is 10.5 Å². The topological polar surface area (TPSA) is 48.1 Å². The molecule has 1 aromatic heterocycles. The Bertz CT molecular complexity index is 588. The summed E-state index contributed by atoms with van der Waals surface area (Å²) < 4.78 is 18.6. The summed E-state index contributed by atoms with van der Waals surface area (Å²) in [6, 6.07) is 9.64.